The van der Waals surface area contributed by atoms with E-state index in [-0.39, 0.29) is 18.9 Å². The fraction of sp³-hybridized carbons (Fsp3) is 0.556. The van der Waals surface area contributed by atoms with Crippen molar-refractivity contribution in [3.8, 4) is 0 Å². The van der Waals surface area contributed by atoms with Gasteiger partial charge in [-0.1, -0.05) is 11.6 Å². The Morgan fingerprint density at radius 3 is 2.21 bits per heavy atom. The van der Waals surface area contributed by atoms with Crippen LogP contribution >= 0.6 is 0 Å². The van der Waals surface area contributed by atoms with E-state index in [1.54, 1.807) is 6.08 Å². The van der Waals surface area contributed by atoms with E-state index in [4.69, 9.17) is 10.2 Å². The number of carboxylic acids is 2. The van der Waals surface area contributed by atoms with Crippen LogP contribution in [0.5, 0.6) is 0 Å². The van der Waals surface area contributed by atoms with E-state index in [1.165, 1.54) is 0 Å². The van der Waals surface area contributed by atoms with Gasteiger partial charge in [0.2, 0.25) is 0 Å². The van der Waals surface area contributed by atoms with Crippen LogP contribution in [0.15, 0.2) is 11.6 Å². The van der Waals surface area contributed by atoms with Crippen molar-refractivity contribution in [1.82, 2.24) is 0 Å². The zero-order chi connectivity index (χ0) is 10.0. The van der Waals surface area contributed by atoms with Crippen molar-refractivity contribution in [3.63, 3.8) is 0 Å². The molecular weight excluding hydrogens is 179 g/mol. The summed E-state index contributed by atoms with van der Waals surface area (Å²) < 4.78 is 0. The molecule has 0 aromatic heterocycles. The van der Waals surface area contributed by atoms with Gasteiger partial charge in [0.15, 0.2) is 0 Å². The molecule has 4 nitrogen and oxygen atoms in total. The van der Waals surface area contributed by atoms with Crippen molar-refractivity contribution in [2.24, 2.45) is 11.8 Å². The molecule has 0 saturated carbocycles. The van der Waals surface area contributed by atoms with Crippen LogP contribution < -0.4 is 0 Å². The van der Waals surface area contributed by atoms with Gasteiger partial charge in [-0.3, -0.25) is 9.59 Å². The first-order valence-corrected chi connectivity index (χ1v) is 4.13. The van der Waals surface area contributed by atoms with Crippen LogP contribution in [0.1, 0.15) is 19.8 Å². The summed E-state index contributed by atoms with van der Waals surface area (Å²) in [6, 6.07) is 0. The zero-order valence-corrected chi connectivity index (χ0v) is 7.36. The summed E-state index contributed by atoms with van der Waals surface area (Å²) in [6.07, 6.45) is 2.49. The monoisotopic (exact) mass is 192 g/mol. The maximum absolute atomic E-state index is 10.7. The number of carboxylic acid groups (broad SMARTS) is 2. The fourth-order valence-corrected chi connectivity index (χ4v) is 1.60. The fourth-order valence-electron chi connectivity index (χ4n) is 1.60. The van der Waals surface area contributed by atoms with Gasteiger partial charge in [-0.2, -0.15) is 0 Å². The van der Waals surface area contributed by atoms with Crippen molar-refractivity contribution < 1.29 is 19.8 Å². The Hall–Kier alpha value is -0.723. The summed E-state index contributed by atoms with van der Waals surface area (Å²) in [7, 11) is 0. The number of aliphatic carboxylic acids is 2. The van der Waals surface area contributed by atoms with E-state index in [2.05, 4.69) is 0 Å². The van der Waals surface area contributed by atoms with Crippen LogP contribution in [-0.2, 0) is 9.59 Å². The Morgan fingerprint density at radius 2 is 1.79 bits per heavy atom. The molecule has 1 aliphatic rings. The first-order chi connectivity index (χ1) is 6.02. The van der Waals surface area contributed by atoms with Gasteiger partial charge in [-0.15, -0.1) is 0 Å². The average molecular weight is 192 g/mol. The van der Waals surface area contributed by atoms with E-state index < -0.39 is 23.8 Å². The normalized spacial score (nSPS) is 25.9. The molecule has 0 bridgehead atoms. The predicted octanol–water partition coefficient (Wildman–Crippen LogP) is 0.480. The molecule has 0 aliphatic heterocycles. The average Bonchev–Trinajstić information content (AvgIpc) is 2.03. The second kappa shape index (κ2) is 5.23. The molecule has 0 aromatic carbocycles. The molecule has 0 spiro atoms. The molecule has 14 heavy (non-hydrogen) atoms. The molecule has 0 heterocycles. The van der Waals surface area contributed by atoms with Gasteiger partial charge < -0.3 is 10.2 Å². The van der Waals surface area contributed by atoms with Crippen molar-refractivity contribution >= 4 is 30.8 Å². The summed E-state index contributed by atoms with van der Waals surface area (Å²) in [4.78, 5) is 21.4. The second-order valence-corrected chi connectivity index (χ2v) is 3.38. The second-order valence-electron chi connectivity index (χ2n) is 3.38. The van der Waals surface area contributed by atoms with E-state index >= 15 is 0 Å². The number of carbonyl (C=O) groups is 2. The van der Waals surface area contributed by atoms with Crippen LogP contribution in [0.4, 0.5) is 0 Å². The maximum atomic E-state index is 10.7. The van der Waals surface area contributed by atoms with Crippen LogP contribution in [0.3, 0.4) is 0 Å². The first-order valence-electron chi connectivity index (χ1n) is 4.13. The molecule has 74 valence electrons. The molecule has 0 amide bonds. The van der Waals surface area contributed by atoms with Crippen LogP contribution in [-0.4, -0.2) is 41.0 Å². The molecular formula is C9H13LiO4. The van der Waals surface area contributed by atoms with Gasteiger partial charge in [0.1, 0.15) is 0 Å². The topological polar surface area (TPSA) is 74.6 Å². The van der Waals surface area contributed by atoms with Gasteiger partial charge in [0.05, 0.1) is 11.8 Å². The Balaban J connectivity index is 0.00000169. The van der Waals surface area contributed by atoms with Crippen molar-refractivity contribution in [3.05, 3.63) is 11.6 Å². The third kappa shape index (κ3) is 2.90. The minimum absolute atomic E-state index is 0. The zero-order valence-electron chi connectivity index (χ0n) is 7.36. The van der Waals surface area contributed by atoms with Crippen molar-refractivity contribution in [2.45, 2.75) is 19.8 Å². The SMILES string of the molecule is CC1=CCC(C(=O)O)C(C(=O)O)C1.[LiH]. The molecule has 1 aliphatic carbocycles. The van der Waals surface area contributed by atoms with Crippen LogP contribution in [0.25, 0.3) is 0 Å². The Labute approximate surface area is 94.2 Å². The number of hydrogen-bond donors (Lipinski definition) is 2. The summed E-state index contributed by atoms with van der Waals surface area (Å²) >= 11 is 0. The molecule has 2 atom stereocenters. The van der Waals surface area contributed by atoms with Crippen molar-refractivity contribution in [2.75, 3.05) is 0 Å². The Morgan fingerprint density at radius 1 is 1.29 bits per heavy atom. The Bertz CT molecular complexity index is 272. The van der Waals surface area contributed by atoms with Gasteiger partial charge in [-0.05, 0) is 19.8 Å². The third-order valence-electron chi connectivity index (χ3n) is 2.38. The summed E-state index contributed by atoms with van der Waals surface area (Å²) in [5, 5.41) is 17.5. The van der Waals surface area contributed by atoms with Gasteiger partial charge in [0.25, 0.3) is 0 Å². The van der Waals surface area contributed by atoms with E-state index in [9.17, 15) is 9.59 Å². The number of hydrogen-bond acceptors (Lipinski definition) is 2. The number of rotatable bonds is 2. The van der Waals surface area contributed by atoms with Gasteiger partial charge >= 0.3 is 30.8 Å². The van der Waals surface area contributed by atoms with Crippen molar-refractivity contribution in [1.29, 1.82) is 0 Å². The van der Waals surface area contributed by atoms with Crippen LogP contribution in [0.2, 0.25) is 0 Å². The van der Waals surface area contributed by atoms with E-state index in [1.807, 2.05) is 6.92 Å². The van der Waals surface area contributed by atoms with Gasteiger partial charge in [-0.25, -0.2) is 0 Å². The molecule has 2 N–H and O–H groups in total. The quantitative estimate of drug-likeness (QED) is 0.493. The standard InChI is InChI=1S/C9H12O4.Li.H/c1-5-2-3-6(8(10)11)7(4-5)9(12)13;;/h2,6-7H,3-4H2,1H3,(H,10,11)(H,12,13);;. The van der Waals surface area contributed by atoms with Crippen LogP contribution in [0, 0.1) is 11.8 Å². The molecule has 0 fully saturated rings. The van der Waals surface area contributed by atoms with Gasteiger partial charge in [0, 0.05) is 0 Å². The summed E-state index contributed by atoms with van der Waals surface area (Å²) in [6.45, 7) is 1.83. The third-order valence-corrected chi connectivity index (χ3v) is 2.38. The number of allylic oxidation sites excluding steroid dienone is 2. The molecule has 0 aromatic rings. The molecule has 2 unspecified atom stereocenters. The summed E-state index contributed by atoms with van der Waals surface area (Å²) in [5.41, 5.74) is 0.963. The first kappa shape index (κ1) is 13.3. The molecule has 1 rings (SSSR count). The molecule has 0 saturated heterocycles. The minimum atomic E-state index is -1.02. The van der Waals surface area contributed by atoms with E-state index in [0.29, 0.717) is 12.8 Å². The summed E-state index contributed by atoms with van der Waals surface area (Å²) in [5.74, 6) is -3.56. The molecule has 0 radical (unpaired) electrons. The predicted molar refractivity (Wildman–Crippen MR) is 52.4 cm³/mol. The Kier molecular flexibility index (Phi) is 4.96. The van der Waals surface area contributed by atoms with E-state index in [0.717, 1.165) is 5.57 Å². The molecule has 5 heteroatoms.